The number of hydrogen-bond acceptors (Lipinski definition) is 2. The number of rotatable bonds is 6. The summed E-state index contributed by atoms with van der Waals surface area (Å²) in [5, 5.41) is 9.64. The highest BCUT2D eigenvalue weighted by atomic mass is 16.3. The van der Waals surface area contributed by atoms with Gasteiger partial charge in [-0.25, -0.2) is 0 Å². The van der Waals surface area contributed by atoms with Gasteiger partial charge >= 0.3 is 0 Å². The van der Waals surface area contributed by atoms with E-state index < -0.39 is 0 Å². The third-order valence-electron chi connectivity index (χ3n) is 2.35. The largest absolute Gasteiger partial charge is 0.378 e. The van der Waals surface area contributed by atoms with Crippen molar-refractivity contribution in [1.82, 2.24) is 4.90 Å². The number of aliphatic hydroxyl groups is 1. The Hall–Kier alpha value is -0.0800. The van der Waals surface area contributed by atoms with Crippen LogP contribution in [0.5, 0.6) is 0 Å². The maximum atomic E-state index is 9.64. The van der Waals surface area contributed by atoms with Gasteiger partial charge in [0, 0.05) is 6.04 Å². The summed E-state index contributed by atoms with van der Waals surface area (Å²) in [7, 11) is 1.97. The van der Waals surface area contributed by atoms with Gasteiger partial charge < -0.3 is 5.11 Å². The van der Waals surface area contributed by atoms with E-state index in [1.54, 1.807) is 0 Å². The Balaban J connectivity index is 3.49. The van der Waals surface area contributed by atoms with Crippen LogP contribution < -0.4 is 0 Å². The summed E-state index contributed by atoms with van der Waals surface area (Å²) in [5.41, 5.74) is 0. The smallest absolute Gasteiger partial charge is 0.107 e. The molecule has 0 amide bonds. The van der Waals surface area contributed by atoms with Crippen LogP contribution in [0, 0.1) is 0 Å². The normalized spacial score (nSPS) is 14.2. The molecule has 0 bridgehead atoms. The van der Waals surface area contributed by atoms with Gasteiger partial charge in [-0.05, 0) is 33.7 Å². The molecule has 0 fully saturated rings. The van der Waals surface area contributed by atoms with E-state index in [-0.39, 0.29) is 6.23 Å². The first-order valence-corrected chi connectivity index (χ1v) is 4.99. The van der Waals surface area contributed by atoms with Gasteiger partial charge in [-0.15, -0.1) is 0 Å². The lowest BCUT2D eigenvalue weighted by atomic mass is 10.1. The molecule has 0 saturated heterocycles. The van der Waals surface area contributed by atoms with Crippen molar-refractivity contribution in [3.05, 3.63) is 0 Å². The summed E-state index contributed by atoms with van der Waals surface area (Å²) >= 11 is 0. The van der Waals surface area contributed by atoms with E-state index >= 15 is 0 Å². The summed E-state index contributed by atoms with van der Waals surface area (Å²) < 4.78 is 0. The summed E-state index contributed by atoms with van der Waals surface area (Å²) in [6, 6.07) is 0.432. The predicted molar refractivity (Wildman–Crippen MR) is 53.0 cm³/mol. The molecule has 0 aliphatic rings. The summed E-state index contributed by atoms with van der Waals surface area (Å²) in [6.07, 6.45) is 4.23. The van der Waals surface area contributed by atoms with Crippen LogP contribution in [0.4, 0.5) is 0 Å². The monoisotopic (exact) mass is 173 g/mol. The molecule has 1 unspecified atom stereocenters. The van der Waals surface area contributed by atoms with Crippen LogP contribution in [0.25, 0.3) is 0 Å². The molecule has 2 heteroatoms. The maximum Gasteiger partial charge on any atom is 0.107 e. The van der Waals surface area contributed by atoms with Crippen LogP contribution >= 0.6 is 0 Å². The number of hydrogen-bond donors (Lipinski definition) is 1. The molecular weight excluding hydrogens is 150 g/mol. The van der Waals surface area contributed by atoms with E-state index in [4.69, 9.17) is 0 Å². The van der Waals surface area contributed by atoms with Crippen molar-refractivity contribution < 1.29 is 5.11 Å². The van der Waals surface area contributed by atoms with Gasteiger partial charge in [0.05, 0.1) is 0 Å². The van der Waals surface area contributed by atoms with Gasteiger partial charge in [0.1, 0.15) is 6.23 Å². The second-order valence-corrected chi connectivity index (χ2v) is 3.74. The van der Waals surface area contributed by atoms with E-state index in [1.807, 2.05) is 11.9 Å². The molecule has 0 aliphatic heterocycles. The predicted octanol–water partition coefficient (Wildman–Crippen LogP) is 2.23. The molecule has 0 spiro atoms. The zero-order chi connectivity index (χ0) is 9.56. The molecule has 0 heterocycles. The van der Waals surface area contributed by atoms with Crippen molar-refractivity contribution in [1.29, 1.82) is 0 Å². The number of nitrogens with zero attached hydrogens (tertiary/aromatic N) is 1. The van der Waals surface area contributed by atoms with Crippen LogP contribution in [0.1, 0.15) is 46.5 Å². The minimum atomic E-state index is -0.253. The lowest BCUT2D eigenvalue weighted by Gasteiger charge is -2.26. The fourth-order valence-corrected chi connectivity index (χ4v) is 1.12. The highest BCUT2D eigenvalue weighted by Gasteiger charge is 2.12. The van der Waals surface area contributed by atoms with Gasteiger partial charge in [0.2, 0.25) is 0 Å². The Morgan fingerprint density at radius 3 is 2.25 bits per heavy atom. The zero-order valence-corrected chi connectivity index (χ0v) is 8.88. The minimum Gasteiger partial charge on any atom is -0.378 e. The van der Waals surface area contributed by atoms with Crippen LogP contribution in [0.15, 0.2) is 0 Å². The Labute approximate surface area is 76.6 Å². The van der Waals surface area contributed by atoms with Gasteiger partial charge in [0.25, 0.3) is 0 Å². The van der Waals surface area contributed by atoms with E-state index in [9.17, 15) is 5.11 Å². The molecule has 74 valence electrons. The van der Waals surface area contributed by atoms with E-state index in [0.29, 0.717) is 6.04 Å². The lowest BCUT2D eigenvalue weighted by molar-refractivity contribution is -0.00460. The Bertz CT molecular complexity index is 104. The molecular formula is C10H23NO. The molecule has 0 aliphatic carbocycles. The SMILES string of the molecule is CCCCCC(O)N(C)C(C)C. The molecule has 2 nitrogen and oxygen atoms in total. The molecule has 0 aromatic carbocycles. The van der Waals surface area contributed by atoms with Crippen molar-refractivity contribution in [3.8, 4) is 0 Å². The average Bonchev–Trinajstić information content (AvgIpc) is 2.03. The average molecular weight is 173 g/mol. The van der Waals surface area contributed by atoms with Gasteiger partial charge in [-0.3, -0.25) is 4.90 Å². The molecule has 0 rings (SSSR count). The van der Waals surface area contributed by atoms with Crippen LogP contribution in [0.2, 0.25) is 0 Å². The van der Waals surface area contributed by atoms with Crippen molar-refractivity contribution in [3.63, 3.8) is 0 Å². The quantitative estimate of drug-likeness (QED) is 0.492. The molecule has 12 heavy (non-hydrogen) atoms. The van der Waals surface area contributed by atoms with Crippen LogP contribution in [0.3, 0.4) is 0 Å². The lowest BCUT2D eigenvalue weighted by Crippen LogP contribution is -2.36. The van der Waals surface area contributed by atoms with Gasteiger partial charge in [-0.1, -0.05) is 19.8 Å². The molecule has 1 N–H and O–H groups in total. The highest BCUT2D eigenvalue weighted by molar-refractivity contribution is 4.61. The molecule has 0 radical (unpaired) electrons. The third kappa shape index (κ3) is 4.73. The summed E-state index contributed by atoms with van der Waals surface area (Å²) in [4.78, 5) is 2.01. The summed E-state index contributed by atoms with van der Waals surface area (Å²) in [6.45, 7) is 6.38. The first kappa shape index (κ1) is 11.9. The molecule has 0 aromatic rings. The Morgan fingerprint density at radius 2 is 1.83 bits per heavy atom. The molecule has 0 saturated carbocycles. The third-order valence-corrected chi connectivity index (χ3v) is 2.35. The zero-order valence-electron chi connectivity index (χ0n) is 8.88. The minimum absolute atomic E-state index is 0.253. The Morgan fingerprint density at radius 1 is 1.25 bits per heavy atom. The van der Waals surface area contributed by atoms with Crippen molar-refractivity contribution in [2.75, 3.05) is 7.05 Å². The standard InChI is InChI=1S/C10H23NO/c1-5-6-7-8-10(12)11(4)9(2)3/h9-10,12H,5-8H2,1-4H3. The van der Waals surface area contributed by atoms with E-state index in [0.717, 1.165) is 12.8 Å². The molecule has 0 aromatic heterocycles. The number of aliphatic hydroxyl groups excluding tert-OH is 1. The van der Waals surface area contributed by atoms with Crippen molar-refractivity contribution in [2.24, 2.45) is 0 Å². The van der Waals surface area contributed by atoms with Crippen molar-refractivity contribution in [2.45, 2.75) is 58.7 Å². The maximum absolute atomic E-state index is 9.64. The summed E-state index contributed by atoms with van der Waals surface area (Å²) in [5.74, 6) is 0. The second kappa shape index (κ2) is 6.44. The first-order chi connectivity index (χ1) is 5.59. The van der Waals surface area contributed by atoms with E-state index in [2.05, 4.69) is 20.8 Å². The first-order valence-electron chi connectivity index (χ1n) is 4.99. The fourth-order valence-electron chi connectivity index (χ4n) is 1.12. The van der Waals surface area contributed by atoms with Crippen LogP contribution in [-0.2, 0) is 0 Å². The van der Waals surface area contributed by atoms with Gasteiger partial charge in [0.15, 0.2) is 0 Å². The highest BCUT2D eigenvalue weighted by Crippen LogP contribution is 2.08. The van der Waals surface area contributed by atoms with Crippen LogP contribution in [-0.4, -0.2) is 29.3 Å². The van der Waals surface area contributed by atoms with E-state index in [1.165, 1.54) is 12.8 Å². The van der Waals surface area contributed by atoms with Gasteiger partial charge in [-0.2, -0.15) is 0 Å². The fraction of sp³-hybridized carbons (Fsp3) is 1.00. The molecule has 1 atom stereocenters. The second-order valence-electron chi connectivity index (χ2n) is 3.74. The topological polar surface area (TPSA) is 23.5 Å². The number of unbranched alkanes of at least 4 members (excludes halogenated alkanes) is 2. The van der Waals surface area contributed by atoms with Crippen molar-refractivity contribution >= 4 is 0 Å². The Kier molecular flexibility index (Phi) is 6.39.